The molecule has 0 bridgehead atoms. The summed E-state index contributed by atoms with van der Waals surface area (Å²) in [4.78, 5) is 2.42. The zero-order chi connectivity index (χ0) is 16.3. The molecule has 2 rings (SSSR count). The van der Waals surface area contributed by atoms with E-state index in [1.165, 1.54) is 18.4 Å². The monoisotopic (exact) mass is 330 g/mol. The average molecular weight is 331 g/mol. The van der Waals surface area contributed by atoms with Crippen molar-refractivity contribution < 1.29 is 9.47 Å². The van der Waals surface area contributed by atoms with Crippen LogP contribution in [-0.4, -0.2) is 53.8 Å². The maximum absolute atomic E-state index is 6.18. The van der Waals surface area contributed by atoms with Crippen LogP contribution in [-0.2, 0) is 9.47 Å². The van der Waals surface area contributed by atoms with Gasteiger partial charge in [0.25, 0.3) is 0 Å². The highest BCUT2D eigenvalue weighted by Crippen LogP contribution is 2.19. The molecule has 0 aromatic heterocycles. The lowest BCUT2D eigenvalue weighted by Gasteiger charge is -2.19. The molecule has 3 radical (unpaired) electrons. The van der Waals surface area contributed by atoms with Crippen LogP contribution < -0.4 is 0 Å². The summed E-state index contributed by atoms with van der Waals surface area (Å²) in [6.07, 6.45) is 8.01. The van der Waals surface area contributed by atoms with Crippen molar-refractivity contribution in [2.75, 3.05) is 26.3 Å². The van der Waals surface area contributed by atoms with Gasteiger partial charge in [0.15, 0.2) is 0 Å². The van der Waals surface area contributed by atoms with Crippen molar-refractivity contribution in [2.45, 2.75) is 44.6 Å². The molecule has 3 nitrogen and oxygen atoms in total. The van der Waals surface area contributed by atoms with E-state index in [0.29, 0.717) is 6.61 Å². The number of nitrogens with zero attached hydrogens (tertiary/aromatic N) is 1. The maximum Gasteiger partial charge on any atom is 0.130 e. The second-order valence-corrected chi connectivity index (χ2v) is 6.45. The zero-order valence-electron chi connectivity index (χ0n) is 14.1. The SMILES string of the molecule is CCCCN1CC(COCCC[Si])OC1/C=C/c1ccccc1. The summed E-state index contributed by atoms with van der Waals surface area (Å²) in [5.74, 6) is 0. The van der Waals surface area contributed by atoms with Gasteiger partial charge >= 0.3 is 0 Å². The van der Waals surface area contributed by atoms with Gasteiger partial charge < -0.3 is 9.47 Å². The van der Waals surface area contributed by atoms with Crippen LogP contribution in [0.3, 0.4) is 0 Å². The molecule has 1 fully saturated rings. The van der Waals surface area contributed by atoms with E-state index in [1.54, 1.807) is 0 Å². The summed E-state index contributed by atoms with van der Waals surface area (Å²) in [7, 11) is 3.47. The Balaban J connectivity index is 1.87. The lowest BCUT2D eigenvalue weighted by molar-refractivity contribution is -0.0116. The van der Waals surface area contributed by atoms with E-state index in [9.17, 15) is 0 Å². The topological polar surface area (TPSA) is 21.7 Å². The molecular weight excluding hydrogens is 302 g/mol. The maximum atomic E-state index is 6.18. The summed E-state index contributed by atoms with van der Waals surface area (Å²) in [6, 6.07) is 11.4. The Labute approximate surface area is 144 Å². The molecule has 1 saturated heterocycles. The van der Waals surface area contributed by atoms with Crippen molar-refractivity contribution in [3.8, 4) is 0 Å². The fourth-order valence-electron chi connectivity index (χ4n) is 2.68. The van der Waals surface area contributed by atoms with Crippen molar-refractivity contribution in [3.05, 3.63) is 42.0 Å². The van der Waals surface area contributed by atoms with E-state index in [0.717, 1.165) is 32.2 Å². The van der Waals surface area contributed by atoms with Crippen molar-refractivity contribution >= 4 is 16.3 Å². The second-order valence-electron chi connectivity index (χ2n) is 5.95. The number of rotatable bonds is 10. The van der Waals surface area contributed by atoms with Gasteiger partial charge in [-0.1, -0.05) is 55.8 Å². The third kappa shape index (κ3) is 6.59. The fourth-order valence-corrected chi connectivity index (χ4v) is 2.82. The molecule has 1 heterocycles. The molecule has 0 N–H and O–H groups in total. The summed E-state index contributed by atoms with van der Waals surface area (Å²) in [6.45, 7) is 5.75. The van der Waals surface area contributed by atoms with E-state index < -0.39 is 0 Å². The first-order valence-electron chi connectivity index (χ1n) is 8.68. The molecule has 1 aromatic carbocycles. The Hall–Kier alpha value is -0.943. The van der Waals surface area contributed by atoms with Crippen LogP contribution in [0.5, 0.6) is 0 Å². The zero-order valence-corrected chi connectivity index (χ0v) is 15.1. The molecule has 125 valence electrons. The van der Waals surface area contributed by atoms with Crippen LogP contribution in [0, 0.1) is 0 Å². The minimum Gasteiger partial charge on any atom is -0.379 e. The van der Waals surface area contributed by atoms with E-state index >= 15 is 0 Å². The third-order valence-corrected chi connectivity index (χ3v) is 4.30. The summed E-state index contributed by atoms with van der Waals surface area (Å²) < 4.78 is 11.9. The lowest BCUT2D eigenvalue weighted by atomic mass is 10.2. The Kier molecular flexibility index (Phi) is 8.61. The minimum atomic E-state index is 0.0613. The van der Waals surface area contributed by atoms with Gasteiger partial charge in [-0.25, -0.2) is 0 Å². The number of hydrogen-bond donors (Lipinski definition) is 0. The highest BCUT2D eigenvalue weighted by atomic mass is 28.1. The van der Waals surface area contributed by atoms with Crippen molar-refractivity contribution in [1.82, 2.24) is 4.90 Å². The lowest BCUT2D eigenvalue weighted by Crippen LogP contribution is -2.30. The third-order valence-electron chi connectivity index (χ3n) is 3.95. The van der Waals surface area contributed by atoms with Crippen LogP contribution >= 0.6 is 0 Å². The van der Waals surface area contributed by atoms with E-state index in [2.05, 4.69) is 58.5 Å². The summed E-state index contributed by atoms with van der Waals surface area (Å²) in [5.41, 5.74) is 1.21. The van der Waals surface area contributed by atoms with Crippen molar-refractivity contribution in [1.29, 1.82) is 0 Å². The van der Waals surface area contributed by atoms with Crippen molar-refractivity contribution in [2.24, 2.45) is 0 Å². The second kappa shape index (κ2) is 10.8. The van der Waals surface area contributed by atoms with Gasteiger partial charge in [0, 0.05) is 29.9 Å². The number of benzene rings is 1. The van der Waals surface area contributed by atoms with E-state index in [4.69, 9.17) is 9.47 Å². The average Bonchev–Trinajstić information content (AvgIpc) is 2.98. The molecule has 0 spiro atoms. The van der Waals surface area contributed by atoms with Crippen LogP contribution in [0.4, 0.5) is 0 Å². The molecule has 1 aromatic rings. The van der Waals surface area contributed by atoms with Gasteiger partial charge in [-0.05, 0) is 24.5 Å². The smallest absolute Gasteiger partial charge is 0.130 e. The molecule has 1 aliphatic rings. The van der Waals surface area contributed by atoms with Gasteiger partial charge in [0.1, 0.15) is 6.23 Å². The summed E-state index contributed by atoms with van der Waals surface area (Å²) >= 11 is 0. The Morgan fingerprint density at radius 3 is 2.87 bits per heavy atom. The van der Waals surface area contributed by atoms with Gasteiger partial charge in [-0.2, -0.15) is 0 Å². The predicted octanol–water partition coefficient (Wildman–Crippen LogP) is 3.52. The van der Waals surface area contributed by atoms with Gasteiger partial charge in [-0.15, -0.1) is 0 Å². The minimum absolute atomic E-state index is 0.0613. The first-order valence-corrected chi connectivity index (χ1v) is 9.39. The first kappa shape index (κ1) is 18.4. The van der Waals surface area contributed by atoms with E-state index in [-0.39, 0.29) is 12.3 Å². The van der Waals surface area contributed by atoms with Crippen molar-refractivity contribution in [3.63, 3.8) is 0 Å². The molecular formula is C19H28NO2Si. The molecule has 2 unspecified atom stereocenters. The normalized spacial score (nSPS) is 22.2. The molecule has 0 saturated carbocycles. The Morgan fingerprint density at radius 1 is 1.30 bits per heavy atom. The predicted molar refractivity (Wildman–Crippen MR) is 96.6 cm³/mol. The van der Waals surface area contributed by atoms with Crippen LogP contribution in [0.2, 0.25) is 6.04 Å². The van der Waals surface area contributed by atoms with E-state index in [1.807, 2.05) is 6.07 Å². The largest absolute Gasteiger partial charge is 0.379 e. The molecule has 4 heteroatoms. The summed E-state index contributed by atoms with van der Waals surface area (Å²) in [5, 5.41) is 0. The Morgan fingerprint density at radius 2 is 2.13 bits per heavy atom. The molecule has 23 heavy (non-hydrogen) atoms. The van der Waals surface area contributed by atoms with Gasteiger partial charge in [0.2, 0.25) is 0 Å². The van der Waals surface area contributed by atoms with Gasteiger partial charge in [0.05, 0.1) is 12.7 Å². The number of ether oxygens (including phenoxy) is 2. The Bertz CT molecular complexity index is 452. The highest BCUT2D eigenvalue weighted by Gasteiger charge is 2.30. The van der Waals surface area contributed by atoms with Gasteiger partial charge in [-0.3, -0.25) is 4.90 Å². The quantitative estimate of drug-likeness (QED) is 0.484. The molecule has 0 amide bonds. The first-order chi connectivity index (χ1) is 11.3. The number of hydrogen-bond acceptors (Lipinski definition) is 3. The fraction of sp³-hybridized carbons (Fsp3) is 0.579. The molecule has 0 aliphatic carbocycles. The van der Waals surface area contributed by atoms with Crippen LogP contribution in [0.1, 0.15) is 31.7 Å². The molecule has 2 atom stereocenters. The number of unbranched alkanes of at least 4 members (excludes halogenated alkanes) is 1. The highest BCUT2D eigenvalue weighted by molar-refractivity contribution is 6.08. The van der Waals surface area contributed by atoms with Crippen LogP contribution in [0.15, 0.2) is 36.4 Å². The van der Waals surface area contributed by atoms with Crippen LogP contribution in [0.25, 0.3) is 6.08 Å². The standard InChI is InChI=1S/C19H28NO2Si/c1-2-3-12-20-15-18(16-21-13-7-14-23)22-19(20)11-10-17-8-5-4-6-9-17/h4-6,8-11,18-19H,2-3,7,12-16H2,1H3/b11-10+. The molecule has 1 aliphatic heterocycles.